The molecule has 0 saturated carbocycles. The number of hydrogen-bond acceptors (Lipinski definition) is 0. The van der Waals surface area contributed by atoms with E-state index in [9.17, 15) is 0 Å². The SMILES string of the molecule is CC(C[Si](C)(C)C)[PH](c1ccccc1)(c1ccccc1)c1ccccc1. The summed E-state index contributed by atoms with van der Waals surface area (Å²) in [7, 11) is -3.30. The first-order valence-corrected chi connectivity index (χ1v) is 15.4. The van der Waals surface area contributed by atoms with Gasteiger partial charge in [0.05, 0.1) is 0 Å². The topological polar surface area (TPSA) is 0 Å². The van der Waals surface area contributed by atoms with E-state index in [0.717, 1.165) is 0 Å². The van der Waals surface area contributed by atoms with Crippen LogP contribution < -0.4 is 15.9 Å². The fourth-order valence-electron chi connectivity index (χ4n) is 4.53. The molecule has 0 N–H and O–H groups in total. The fraction of sp³-hybridized carbons (Fsp3) is 0.250. The standard InChI is InChI=1S/C24H31PSi/c1-21(20-26(2,3)4)25(22-14-8-5-9-15-22,23-16-10-6-11-17-23)24-18-12-7-13-19-24/h5-19,21,25H,20H2,1-4H3. The predicted molar refractivity (Wildman–Crippen MR) is 124 cm³/mol. The van der Waals surface area contributed by atoms with E-state index >= 15 is 0 Å². The summed E-state index contributed by atoms with van der Waals surface area (Å²) < 4.78 is 0. The Morgan fingerprint density at radius 1 is 0.615 bits per heavy atom. The second kappa shape index (κ2) is 7.90. The Hall–Kier alpha value is -1.69. The minimum absolute atomic E-state index is 0.654. The minimum atomic E-state index is -2.10. The van der Waals surface area contributed by atoms with Gasteiger partial charge in [0.2, 0.25) is 0 Å². The van der Waals surface area contributed by atoms with Crippen LogP contribution in [-0.4, -0.2) is 13.7 Å². The summed E-state index contributed by atoms with van der Waals surface area (Å²) >= 11 is 0. The van der Waals surface area contributed by atoms with E-state index < -0.39 is 15.3 Å². The first-order valence-electron chi connectivity index (χ1n) is 9.61. The third kappa shape index (κ3) is 3.85. The Morgan fingerprint density at radius 3 is 1.19 bits per heavy atom. The van der Waals surface area contributed by atoms with Crippen LogP contribution in [0.25, 0.3) is 0 Å². The van der Waals surface area contributed by atoms with Crippen LogP contribution in [-0.2, 0) is 0 Å². The zero-order valence-corrected chi connectivity index (χ0v) is 18.4. The Labute approximate surface area is 160 Å². The molecule has 0 aliphatic heterocycles. The molecule has 3 aromatic rings. The Kier molecular flexibility index (Phi) is 5.80. The van der Waals surface area contributed by atoms with Crippen molar-refractivity contribution in [2.75, 3.05) is 0 Å². The summed E-state index contributed by atoms with van der Waals surface area (Å²) in [4.78, 5) is 0. The second-order valence-corrected chi connectivity index (χ2v) is 18.4. The van der Waals surface area contributed by atoms with Crippen molar-refractivity contribution in [1.29, 1.82) is 0 Å². The van der Waals surface area contributed by atoms with Gasteiger partial charge < -0.3 is 0 Å². The van der Waals surface area contributed by atoms with Crippen LogP contribution >= 0.6 is 7.26 Å². The Balaban J connectivity index is 2.32. The van der Waals surface area contributed by atoms with E-state index in [4.69, 9.17) is 0 Å². The zero-order chi connectivity index (χ0) is 18.6. The molecule has 0 spiro atoms. The van der Waals surface area contributed by atoms with Crippen LogP contribution in [0.2, 0.25) is 25.7 Å². The van der Waals surface area contributed by atoms with Crippen LogP contribution in [0.4, 0.5) is 0 Å². The molecule has 1 atom stereocenters. The predicted octanol–water partition coefficient (Wildman–Crippen LogP) is 5.44. The molecule has 0 aliphatic rings. The van der Waals surface area contributed by atoms with E-state index in [2.05, 4.69) is 118 Å². The van der Waals surface area contributed by atoms with Crippen LogP contribution in [0.5, 0.6) is 0 Å². The molecule has 0 bridgehead atoms. The van der Waals surface area contributed by atoms with Gasteiger partial charge in [-0.15, -0.1) is 0 Å². The molecule has 26 heavy (non-hydrogen) atoms. The van der Waals surface area contributed by atoms with Gasteiger partial charge in [0.25, 0.3) is 0 Å². The maximum absolute atomic E-state index is 2.51. The number of benzene rings is 3. The van der Waals surface area contributed by atoms with Gasteiger partial charge in [-0.1, -0.05) is 0 Å². The van der Waals surface area contributed by atoms with Gasteiger partial charge in [-0.2, -0.15) is 0 Å². The number of rotatable bonds is 6. The van der Waals surface area contributed by atoms with Gasteiger partial charge in [0.15, 0.2) is 0 Å². The van der Waals surface area contributed by atoms with Crippen molar-refractivity contribution in [3.05, 3.63) is 91.0 Å². The van der Waals surface area contributed by atoms with Gasteiger partial charge in [-0.25, -0.2) is 0 Å². The molecular formula is C24H31PSi. The third-order valence-corrected chi connectivity index (χ3v) is 13.0. The first kappa shape index (κ1) is 19.1. The fourth-order valence-corrected chi connectivity index (χ4v) is 14.3. The van der Waals surface area contributed by atoms with Crippen molar-refractivity contribution >= 4 is 31.2 Å². The average molecular weight is 379 g/mol. The molecular weight excluding hydrogens is 347 g/mol. The number of hydrogen-bond donors (Lipinski definition) is 0. The second-order valence-electron chi connectivity index (χ2n) is 8.57. The van der Waals surface area contributed by atoms with Crippen molar-refractivity contribution in [3.8, 4) is 0 Å². The summed E-state index contributed by atoms with van der Waals surface area (Å²) in [5.41, 5.74) is 0.654. The van der Waals surface area contributed by atoms with Crippen LogP contribution in [0.1, 0.15) is 6.92 Å². The van der Waals surface area contributed by atoms with E-state index in [1.165, 1.54) is 22.0 Å². The van der Waals surface area contributed by atoms with Crippen molar-refractivity contribution in [2.45, 2.75) is 38.3 Å². The molecule has 3 aromatic carbocycles. The third-order valence-electron chi connectivity index (χ3n) is 5.35. The van der Waals surface area contributed by atoms with Crippen LogP contribution in [0.15, 0.2) is 91.0 Å². The molecule has 0 radical (unpaired) electrons. The molecule has 0 aliphatic carbocycles. The van der Waals surface area contributed by atoms with Crippen molar-refractivity contribution in [2.24, 2.45) is 0 Å². The monoisotopic (exact) mass is 378 g/mol. The molecule has 0 amide bonds. The van der Waals surface area contributed by atoms with Gasteiger partial charge in [0.1, 0.15) is 0 Å². The normalized spacial score (nSPS) is 14.0. The van der Waals surface area contributed by atoms with E-state index in [1.807, 2.05) is 0 Å². The molecule has 0 nitrogen and oxygen atoms in total. The summed E-state index contributed by atoms with van der Waals surface area (Å²) in [6.45, 7) is 10.0. The average Bonchev–Trinajstić information content (AvgIpc) is 2.64. The van der Waals surface area contributed by atoms with Crippen molar-refractivity contribution in [3.63, 3.8) is 0 Å². The van der Waals surface area contributed by atoms with Gasteiger partial charge in [-0.05, 0) is 0 Å². The van der Waals surface area contributed by atoms with Crippen molar-refractivity contribution in [1.82, 2.24) is 0 Å². The van der Waals surface area contributed by atoms with Gasteiger partial charge in [0, 0.05) is 0 Å². The quantitative estimate of drug-likeness (QED) is 0.396. The zero-order valence-electron chi connectivity index (χ0n) is 16.4. The molecule has 0 fully saturated rings. The molecule has 0 aromatic heterocycles. The van der Waals surface area contributed by atoms with E-state index in [0.29, 0.717) is 5.66 Å². The van der Waals surface area contributed by atoms with Gasteiger partial charge >= 0.3 is 161 Å². The maximum atomic E-state index is 2.51. The summed E-state index contributed by atoms with van der Waals surface area (Å²) in [5, 5.41) is 4.59. The summed E-state index contributed by atoms with van der Waals surface area (Å²) in [6.07, 6.45) is 0. The Morgan fingerprint density at radius 2 is 0.923 bits per heavy atom. The first-order chi connectivity index (χ1) is 12.4. The van der Waals surface area contributed by atoms with Crippen LogP contribution in [0, 0.1) is 0 Å². The van der Waals surface area contributed by atoms with E-state index in [-0.39, 0.29) is 0 Å². The van der Waals surface area contributed by atoms with Crippen LogP contribution in [0.3, 0.4) is 0 Å². The Bertz CT molecular complexity index is 710. The molecule has 0 saturated heterocycles. The van der Waals surface area contributed by atoms with E-state index in [1.54, 1.807) is 0 Å². The molecule has 1 unspecified atom stereocenters. The molecule has 2 heteroatoms. The summed E-state index contributed by atoms with van der Waals surface area (Å²) in [5.74, 6) is 0. The molecule has 0 heterocycles. The van der Waals surface area contributed by atoms with Crippen molar-refractivity contribution < 1.29 is 0 Å². The van der Waals surface area contributed by atoms with Gasteiger partial charge in [-0.3, -0.25) is 0 Å². The molecule has 136 valence electrons. The summed E-state index contributed by atoms with van der Waals surface area (Å²) in [6, 6.07) is 35.3. The molecule has 3 rings (SSSR count).